The maximum atomic E-state index is 12.3. The topological polar surface area (TPSA) is 58.6 Å². The first kappa shape index (κ1) is 17.8. The normalized spacial score (nSPS) is 13.6. The lowest BCUT2D eigenvalue weighted by atomic mass is 10.0. The minimum absolute atomic E-state index is 0.202. The van der Waals surface area contributed by atoms with Crippen LogP contribution in [0.3, 0.4) is 0 Å². The van der Waals surface area contributed by atoms with E-state index in [2.05, 4.69) is 5.32 Å². The van der Waals surface area contributed by atoms with Crippen molar-refractivity contribution < 1.29 is 14.6 Å². The van der Waals surface area contributed by atoms with E-state index < -0.39 is 0 Å². The van der Waals surface area contributed by atoms with Crippen molar-refractivity contribution in [2.24, 2.45) is 5.92 Å². The number of nitrogens with one attached hydrogen (secondary N) is 1. The molecule has 0 fully saturated rings. The lowest BCUT2D eigenvalue weighted by Crippen LogP contribution is -2.29. The molecule has 1 rings (SSSR count). The summed E-state index contributed by atoms with van der Waals surface area (Å²) in [6, 6.07) is 5.03. The number of halogens is 1. The predicted octanol–water partition coefficient (Wildman–Crippen LogP) is 3.27. The maximum absolute atomic E-state index is 12.3. The summed E-state index contributed by atoms with van der Waals surface area (Å²) in [5, 5.41) is 12.7. The van der Waals surface area contributed by atoms with Crippen LogP contribution in [0.4, 0.5) is 0 Å². The second-order valence-electron chi connectivity index (χ2n) is 5.39. The van der Waals surface area contributed by atoms with E-state index in [0.29, 0.717) is 35.9 Å². The van der Waals surface area contributed by atoms with E-state index in [4.69, 9.17) is 16.3 Å². The van der Waals surface area contributed by atoms with Crippen LogP contribution >= 0.6 is 11.6 Å². The molecule has 0 aliphatic carbocycles. The SMILES string of the molecule is CCCOc1ccc(Cl)cc1C(=O)NCC(C)CC(C)O. The Labute approximate surface area is 131 Å². The smallest absolute Gasteiger partial charge is 0.255 e. The summed E-state index contributed by atoms with van der Waals surface area (Å²) in [5.41, 5.74) is 0.445. The summed E-state index contributed by atoms with van der Waals surface area (Å²) in [6.07, 6.45) is 1.15. The highest BCUT2D eigenvalue weighted by atomic mass is 35.5. The van der Waals surface area contributed by atoms with Gasteiger partial charge in [0.05, 0.1) is 18.3 Å². The maximum Gasteiger partial charge on any atom is 0.255 e. The molecule has 1 aromatic rings. The molecule has 0 bridgehead atoms. The third-order valence-corrected chi connectivity index (χ3v) is 3.24. The van der Waals surface area contributed by atoms with Crippen molar-refractivity contribution in [1.29, 1.82) is 0 Å². The van der Waals surface area contributed by atoms with E-state index in [1.54, 1.807) is 25.1 Å². The molecule has 118 valence electrons. The summed E-state index contributed by atoms with van der Waals surface area (Å²) in [6.45, 7) is 6.79. The summed E-state index contributed by atoms with van der Waals surface area (Å²) in [7, 11) is 0. The van der Waals surface area contributed by atoms with Crippen LogP contribution in [0.2, 0.25) is 5.02 Å². The molecule has 0 radical (unpaired) electrons. The van der Waals surface area contributed by atoms with Crippen molar-refractivity contribution >= 4 is 17.5 Å². The lowest BCUT2D eigenvalue weighted by Gasteiger charge is -2.16. The van der Waals surface area contributed by atoms with Gasteiger partial charge in [0.1, 0.15) is 5.75 Å². The number of aliphatic hydroxyl groups excluding tert-OH is 1. The Balaban J connectivity index is 2.69. The molecular weight excluding hydrogens is 290 g/mol. The number of hydrogen-bond acceptors (Lipinski definition) is 3. The third kappa shape index (κ3) is 6.36. The average molecular weight is 314 g/mol. The quantitative estimate of drug-likeness (QED) is 0.774. The van der Waals surface area contributed by atoms with Gasteiger partial charge in [-0.1, -0.05) is 25.4 Å². The number of aliphatic hydroxyl groups is 1. The fourth-order valence-corrected chi connectivity index (χ4v) is 2.22. The van der Waals surface area contributed by atoms with Crippen LogP contribution < -0.4 is 10.1 Å². The van der Waals surface area contributed by atoms with E-state index >= 15 is 0 Å². The molecule has 1 amide bonds. The zero-order valence-electron chi connectivity index (χ0n) is 12.9. The van der Waals surface area contributed by atoms with Gasteiger partial charge in [0, 0.05) is 11.6 Å². The Morgan fingerprint density at radius 3 is 2.76 bits per heavy atom. The molecule has 0 aliphatic rings. The standard InChI is InChI=1S/C16H24ClNO3/c1-4-7-21-15-6-5-13(17)9-14(15)16(20)18-10-11(2)8-12(3)19/h5-6,9,11-12,19H,4,7-8,10H2,1-3H3,(H,18,20). The van der Waals surface area contributed by atoms with Gasteiger partial charge in [-0.15, -0.1) is 0 Å². The molecule has 5 heteroatoms. The number of amides is 1. The molecule has 2 N–H and O–H groups in total. The lowest BCUT2D eigenvalue weighted by molar-refractivity contribution is 0.0935. The van der Waals surface area contributed by atoms with Gasteiger partial charge in [-0.2, -0.15) is 0 Å². The van der Waals surface area contributed by atoms with Gasteiger partial charge in [-0.25, -0.2) is 0 Å². The number of ether oxygens (including phenoxy) is 1. The van der Waals surface area contributed by atoms with Gasteiger partial charge in [-0.05, 0) is 43.9 Å². The molecule has 4 nitrogen and oxygen atoms in total. The zero-order valence-corrected chi connectivity index (χ0v) is 13.6. The Kier molecular flexibility index (Phi) is 7.54. The van der Waals surface area contributed by atoms with Gasteiger partial charge in [0.15, 0.2) is 0 Å². The molecule has 2 unspecified atom stereocenters. The molecule has 0 aromatic heterocycles. The molecule has 2 atom stereocenters. The van der Waals surface area contributed by atoms with Crippen molar-refractivity contribution in [3.05, 3.63) is 28.8 Å². The summed E-state index contributed by atoms with van der Waals surface area (Å²) < 4.78 is 5.57. The molecule has 21 heavy (non-hydrogen) atoms. The Hall–Kier alpha value is -1.26. The summed E-state index contributed by atoms with van der Waals surface area (Å²) in [5.74, 6) is 0.538. The molecule has 1 aromatic carbocycles. The number of hydrogen-bond donors (Lipinski definition) is 2. The van der Waals surface area contributed by atoms with E-state index in [1.807, 2.05) is 13.8 Å². The fourth-order valence-electron chi connectivity index (χ4n) is 2.05. The van der Waals surface area contributed by atoms with Gasteiger partial charge in [-0.3, -0.25) is 4.79 Å². The van der Waals surface area contributed by atoms with E-state index in [-0.39, 0.29) is 17.9 Å². The van der Waals surface area contributed by atoms with Crippen molar-refractivity contribution in [3.8, 4) is 5.75 Å². The summed E-state index contributed by atoms with van der Waals surface area (Å²) in [4.78, 5) is 12.3. The van der Waals surface area contributed by atoms with Crippen LogP contribution in [-0.2, 0) is 0 Å². The van der Waals surface area contributed by atoms with E-state index in [9.17, 15) is 9.90 Å². The van der Waals surface area contributed by atoms with Crippen molar-refractivity contribution in [2.75, 3.05) is 13.2 Å². The highest BCUT2D eigenvalue weighted by molar-refractivity contribution is 6.31. The van der Waals surface area contributed by atoms with Crippen LogP contribution in [0.15, 0.2) is 18.2 Å². The van der Waals surface area contributed by atoms with Crippen LogP contribution in [-0.4, -0.2) is 30.3 Å². The van der Waals surface area contributed by atoms with E-state index in [1.165, 1.54) is 0 Å². The van der Waals surface area contributed by atoms with Gasteiger partial charge >= 0.3 is 0 Å². The predicted molar refractivity (Wildman–Crippen MR) is 85.0 cm³/mol. The van der Waals surface area contributed by atoms with Crippen molar-refractivity contribution in [1.82, 2.24) is 5.32 Å². The van der Waals surface area contributed by atoms with Crippen LogP contribution in [0.25, 0.3) is 0 Å². The van der Waals surface area contributed by atoms with Crippen molar-refractivity contribution in [2.45, 2.75) is 39.7 Å². The van der Waals surface area contributed by atoms with Crippen LogP contribution in [0, 0.1) is 5.92 Å². The largest absolute Gasteiger partial charge is 0.493 e. The average Bonchev–Trinajstić information content (AvgIpc) is 2.42. The van der Waals surface area contributed by atoms with Crippen molar-refractivity contribution in [3.63, 3.8) is 0 Å². The zero-order chi connectivity index (χ0) is 15.8. The van der Waals surface area contributed by atoms with Crippen LogP contribution in [0.1, 0.15) is 44.0 Å². The molecule has 0 aliphatic heterocycles. The third-order valence-electron chi connectivity index (χ3n) is 3.00. The highest BCUT2D eigenvalue weighted by Crippen LogP contribution is 2.23. The first-order valence-electron chi connectivity index (χ1n) is 7.32. The minimum atomic E-state index is -0.369. The Morgan fingerprint density at radius 1 is 1.43 bits per heavy atom. The second-order valence-corrected chi connectivity index (χ2v) is 5.83. The first-order chi connectivity index (χ1) is 9.93. The van der Waals surface area contributed by atoms with Gasteiger partial charge in [0.25, 0.3) is 5.91 Å². The molecule has 0 saturated carbocycles. The minimum Gasteiger partial charge on any atom is -0.493 e. The molecule has 0 saturated heterocycles. The number of carbonyl (C=O) groups is 1. The highest BCUT2D eigenvalue weighted by Gasteiger charge is 2.15. The Bertz CT molecular complexity index is 463. The fraction of sp³-hybridized carbons (Fsp3) is 0.562. The number of carbonyl (C=O) groups excluding carboxylic acids is 1. The van der Waals surface area contributed by atoms with E-state index in [0.717, 1.165) is 6.42 Å². The van der Waals surface area contributed by atoms with Crippen LogP contribution in [0.5, 0.6) is 5.75 Å². The number of benzene rings is 1. The number of rotatable bonds is 8. The second kappa shape index (κ2) is 8.90. The Morgan fingerprint density at radius 2 is 2.14 bits per heavy atom. The first-order valence-corrected chi connectivity index (χ1v) is 7.70. The van der Waals surface area contributed by atoms with Gasteiger partial charge < -0.3 is 15.2 Å². The molecular formula is C16H24ClNO3. The van der Waals surface area contributed by atoms with Gasteiger partial charge in [0.2, 0.25) is 0 Å². The monoisotopic (exact) mass is 313 g/mol. The summed E-state index contributed by atoms with van der Waals surface area (Å²) >= 11 is 5.96. The molecule has 0 heterocycles. The molecule has 0 spiro atoms.